The van der Waals surface area contributed by atoms with Gasteiger partial charge in [0.2, 0.25) is 0 Å². The predicted octanol–water partition coefficient (Wildman–Crippen LogP) is 3.19. The fourth-order valence-electron chi connectivity index (χ4n) is 4.68. The van der Waals surface area contributed by atoms with E-state index < -0.39 is 17.8 Å². The second kappa shape index (κ2) is 11.3. The van der Waals surface area contributed by atoms with E-state index in [0.29, 0.717) is 56.1 Å². The van der Waals surface area contributed by atoms with E-state index in [1.165, 1.54) is 18.2 Å². The van der Waals surface area contributed by atoms with Crippen LogP contribution >= 0.6 is 0 Å². The zero-order valence-corrected chi connectivity index (χ0v) is 20.6. The van der Waals surface area contributed by atoms with Crippen LogP contribution in [0.5, 0.6) is 0 Å². The van der Waals surface area contributed by atoms with Crippen LogP contribution in [-0.4, -0.2) is 78.5 Å². The van der Waals surface area contributed by atoms with E-state index in [1.54, 1.807) is 22.8 Å². The highest BCUT2D eigenvalue weighted by Gasteiger charge is 2.38. The predicted molar refractivity (Wildman–Crippen MR) is 132 cm³/mol. The van der Waals surface area contributed by atoms with Gasteiger partial charge in [-0.15, -0.1) is 0 Å². The summed E-state index contributed by atoms with van der Waals surface area (Å²) in [5.41, 5.74) is 2.15. The van der Waals surface area contributed by atoms with Gasteiger partial charge in [0.15, 0.2) is 0 Å². The zero-order valence-electron chi connectivity index (χ0n) is 20.6. The first-order valence-corrected chi connectivity index (χ1v) is 12.2. The lowest BCUT2D eigenvalue weighted by Gasteiger charge is -2.40. The lowest BCUT2D eigenvalue weighted by molar-refractivity contribution is -0.139. The highest BCUT2D eigenvalue weighted by molar-refractivity contribution is 5.95. The van der Waals surface area contributed by atoms with Gasteiger partial charge in [-0.2, -0.15) is 0 Å². The summed E-state index contributed by atoms with van der Waals surface area (Å²) in [6.07, 6.45) is 0. The van der Waals surface area contributed by atoms with E-state index in [-0.39, 0.29) is 18.5 Å². The van der Waals surface area contributed by atoms with Gasteiger partial charge in [-0.3, -0.25) is 14.6 Å². The summed E-state index contributed by atoms with van der Waals surface area (Å²) in [5, 5.41) is 2.96. The molecule has 190 valence electrons. The van der Waals surface area contributed by atoms with Crippen LogP contribution in [0.3, 0.4) is 0 Å². The number of carbonyl (C=O) groups is 3. The summed E-state index contributed by atoms with van der Waals surface area (Å²) < 4.78 is 19.0. The van der Waals surface area contributed by atoms with Crippen LogP contribution in [0.2, 0.25) is 0 Å². The van der Waals surface area contributed by atoms with Gasteiger partial charge in [-0.1, -0.05) is 36.4 Å². The third kappa shape index (κ3) is 5.41. The van der Waals surface area contributed by atoms with E-state index >= 15 is 0 Å². The first-order valence-electron chi connectivity index (χ1n) is 12.2. The van der Waals surface area contributed by atoms with E-state index in [1.807, 2.05) is 37.3 Å². The lowest BCUT2D eigenvalue weighted by Crippen LogP contribution is -2.53. The molecule has 2 aliphatic rings. The van der Waals surface area contributed by atoms with E-state index in [9.17, 15) is 18.8 Å². The number of benzene rings is 2. The second-order valence-corrected chi connectivity index (χ2v) is 8.70. The highest BCUT2D eigenvalue weighted by Crippen LogP contribution is 2.32. The molecular formula is C27H31FN4O4. The Morgan fingerprint density at radius 2 is 1.75 bits per heavy atom. The second-order valence-electron chi connectivity index (χ2n) is 8.70. The molecule has 1 N–H and O–H groups in total. The number of halogens is 1. The fourth-order valence-corrected chi connectivity index (χ4v) is 4.68. The average molecular weight is 495 g/mol. The summed E-state index contributed by atoms with van der Waals surface area (Å²) in [5.74, 6) is -1.11. The molecule has 3 amide bonds. The Morgan fingerprint density at radius 3 is 2.39 bits per heavy atom. The maximum Gasteiger partial charge on any atom is 0.338 e. The molecule has 2 aromatic carbocycles. The maximum absolute atomic E-state index is 13.6. The number of nitrogens with one attached hydrogen (secondary N) is 1. The Balaban J connectivity index is 1.58. The van der Waals surface area contributed by atoms with Crippen molar-refractivity contribution in [1.82, 2.24) is 20.0 Å². The van der Waals surface area contributed by atoms with Gasteiger partial charge in [0, 0.05) is 50.5 Å². The number of likely N-dealkylation sites (N-methyl/N-ethyl adjacent to an activating group) is 1. The van der Waals surface area contributed by atoms with Gasteiger partial charge in [0.25, 0.3) is 5.91 Å². The molecule has 0 bridgehead atoms. The number of nitrogens with zero attached hydrogens (tertiary/aromatic N) is 3. The van der Waals surface area contributed by atoms with Crippen molar-refractivity contribution in [1.29, 1.82) is 0 Å². The minimum atomic E-state index is -0.619. The van der Waals surface area contributed by atoms with Crippen molar-refractivity contribution in [2.75, 3.05) is 45.9 Å². The topological polar surface area (TPSA) is 82.2 Å². The Labute approximate surface area is 210 Å². The molecule has 1 atom stereocenters. The Kier molecular flexibility index (Phi) is 8.00. The number of hydrogen-bond donors (Lipinski definition) is 1. The Morgan fingerprint density at radius 1 is 1.03 bits per heavy atom. The first-order chi connectivity index (χ1) is 17.4. The van der Waals surface area contributed by atoms with Crippen LogP contribution < -0.4 is 5.32 Å². The molecule has 1 unspecified atom stereocenters. The van der Waals surface area contributed by atoms with Crippen LogP contribution in [0.4, 0.5) is 9.18 Å². The maximum atomic E-state index is 13.6. The third-order valence-corrected chi connectivity index (χ3v) is 6.49. The Hall–Kier alpha value is -3.72. The van der Waals surface area contributed by atoms with Gasteiger partial charge in [-0.05, 0) is 37.6 Å². The van der Waals surface area contributed by atoms with Crippen molar-refractivity contribution in [2.24, 2.45) is 0 Å². The average Bonchev–Trinajstić information content (AvgIpc) is 2.89. The van der Waals surface area contributed by atoms with Crippen molar-refractivity contribution in [3.8, 4) is 0 Å². The molecule has 0 aliphatic carbocycles. The molecule has 0 spiro atoms. The van der Waals surface area contributed by atoms with Crippen LogP contribution in [0.1, 0.15) is 35.8 Å². The summed E-state index contributed by atoms with van der Waals surface area (Å²) in [6.45, 7) is 6.61. The highest BCUT2D eigenvalue weighted by atomic mass is 19.1. The van der Waals surface area contributed by atoms with E-state index in [0.717, 1.165) is 5.56 Å². The number of hydrogen-bond acceptors (Lipinski definition) is 5. The van der Waals surface area contributed by atoms with Gasteiger partial charge < -0.3 is 15.0 Å². The van der Waals surface area contributed by atoms with E-state index in [4.69, 9.17) is 4.74 Å². The number of ether oxygens (including phenoxy) is 1. The SMILES string of the molecule is CCOC(=O)C1=C(CN2CCN(C(=O)c3cccc(F)c3)CC2)N(CC)C(=O)NC1c1ccccc1. The van der Waals surface area contributed by atoms with Crippen LogP contribution in [0, 0.1) is 5.82 Å². The number of esters is 1. The molecule has 4 rings (SSSR count). The minimum Gasteiger partial charge on any atom is -0.463 e. The number of carbonyl (C=O) groups excluding carboxylic acids is 3. The minimum absolute atomic E-state index is 0.211. The molecule has 0 radical (unpaired) electrons. The molecule has 1 fully saturated rings. The largest absolute Gasteiger partial charge is 0.463 e. The monoisotopic (exact) mass is 494 g/mol. The molecule has 1 saturated heterocycles. The summed E-state index contributed by atoms with van der Waals surface area (Å²) in [6, 6.07) is 14.2. The van der Waals surface area contributed by atoms with Crippen molar-refractivity contribution >= 4 is 17.9 Å². The van der Waals surface area contributed by atoms with Crippen LogP contribution in [0.15, 0.2) is 65.9 Å². The Bertz CT molecular complexity index is 1150. The summed E-state index contributed by atoms with van der Waals surface area (Å²) >= 11 is 0. The molecule has 2 aliphatic heterocycles. The number of amides is 3. The van der Waals surface area contributed by atoms with Crippen molar-refractivity contribution in [3.63, 3.8) is 0 Å². The molecule has 9 heteroatoms. The molecule has 0 aromatic heterocycles. The quantitative estimate of drug-likeness (QED) is 0.598. The van der Waals surface area contributed by atoms with Gasteiger partial charge in [-0.25, -0.2) is 14.0 Å². The fraction of sp³-hybridized carbons (Fsp3) is 0.370. The number of piperazine rings is 1. The number of rotatable bonds is 7. The smallest absolute Gasteiger partial charge is 0.338 e. The normalized spacial score (nSPS) is 18.8. The molecule has 2 heterocycles. The third-order valence-electron chi connectivity index (χ3n) is 6.49. The molecule has 0 saturated carbocycles. The van der Waals surface area contributed by atoms with Crippen molar-refractivity contribution < 1.29 is 23.5 Å². The number of urea groups is 1. The standard InChI is InChI=1S/C27H31FN4O4/c1-3-32-22(18-30-13-15-31(16-14-30)25(33)20-11-8-12-21(28)17-20)23(26(34)36-4-2)24(29-27(32)35)19-9-6-5-7-10-19/h5-12,17,24H,3-4,13-16,18H2,1-2H3,(H,29,35). The molecule has 8 nitrogen and oxygen atoms in total. The molecule has 36 heavy (non-hydrogen) atoms. The lowest BCUT2D eigenvalue weighted by atomic mass is 9.94. The summed E-state index contributed by atoms with van der Waals surface area (Å²) in [4.78, 5) is 44.4. The van der Waals surface area contributed by atoms with Crippen molar-refractivity contribution in [2.45, 2.75) is 19.9 Å². The first kappa shape index (κ1) is 25.4. The van der Waals surface area contributed by atoms with Crippen LogP contribution in [0.25, 0.3) is 0 Å². The zero-order chi connectivity index (χ0) is 25.7. The molecular weight excluding hydrogens is 463 g/mol. The van der Waals surface area contributed by atoms with E-state index in [2.05, 4.69) is 10.2 Å². The van der Waals surface area contributed by atoms with Gasteiger partial charge in [0.1, 0.15) is 5.82 Å². The van der Waals surface area contributed by atoms with Gasteiger partial charge >= 0.3 is 12.0 Å². The van der Waals surface area contributed by atoms with Crippen LogP contribution in [-0.2, 0) is 9.53 Å². The molecule has 2 aromatic rings. The van der Waals surface area contributed by atoms with Gasteiger partial charge in [0.05, 0.1) is 18.2 Å². The van der Waals surface area contributed by atoms with Crippen molar-refractivity contribution in [3.05, 3.63) is 82.8 Å². The summed E-state index contributed by atoms with van der Waals surface area (Å²) in [7, 11) is 0.